The van der Waals surface area contributed by atoms with E-state index >= 15 is 0 Å². The van der Waals surface area contributed by atoms with E-state index in [0.717, 1.165) is 18.7 Å². The van der Waals surface area contributed by atoms with Gasteiger partial charge in [-0.15, -0.1) is 0 Å². The average molecular weight is 385 g/mol. The number of rotatable bonds is 4. The molecule has 0 aromatic heterocycles. The monoisotopic (exact) mass is 385 g/mol. The maximum absolute atomic E-state index is 12.5. The van der Waals surface area contributed by atoms with Crippen LogP contribution in [0.15, 0.2) is 71.3 Å². The van der Waals surface area contributed by atoms with E-state index in [4.69, 9.17) is 4.74 Å². The van der Waals surface area contributed by atoms with Crippen LogP contribution < -0.4 is 0 Å². The lowest BCUT2D eigenvalue weighted by molar-refractivity contribution is -0.134. The molecule has 0 radical (unpaired) electrons. The standard InChI is InChI=1S/C19H15NO6S/c1-20-17(19(22)23)18(14-9-5-6-10-15(14)27(20,24)25)26-16(21)12-11-13-7-3-2-4-8-13/h2-12H,1H3,(H,22,23). The number of likely N-dealkylation sites (N-methyl/N-ethyl adjacent to an activating group) is 1. The molecule has 0 aliphatic carbocycles. The number of sulfonamides is 1. The fourth-order valence-electron chi connectivity index (χ4n) is 2.62. The Kier molecular flexibility index (Phi) is 4.83. The SMILES string of the molecule is CN1C(C(=O)O)=C(OC(=O)C=Cc2ccccc2)c2ccccc2S1(=O)=O. The average Bonchev–Trinajstić information content (AvgIpc) is 2.65. The van der Waals surface area contributed by atoms with E-state index in [1.165, 1.54) is 30.3 Å². The molecule has 8 heteroatoms. The summed E-state index contributed by atoms with van der Waals surface area (Å²) in [6, 6.07) is 14.7. The number of benzene rings is 2. The first-order chi connectivity index (χ1) is 12.8. The normalized spacial score (nSPS) is 15.5. The molecule has 0 unspecified atom stereocenters. The maximum atomic E-state index is 12.5. The molecule has 138 valence electrons. The fourth-order valence-corrected chi connectivity index (χ4v) is 4.00. The van der Waals surface area contributed by atoms with Crippen LogP contribution in [0.1, 0.15) is 11.1 Å². The van der Waals surface area contributed by atoms with Gasteiger partial charge in [-0.2, -0.15) is 0 Å². The van der Waals surface area contributed by atoms with Crippen molar-refractivity contribution >= 4 is 33.8 Å². The molecule has 0 atom stereocenters. The minimum Gasteiger partial charge on any atom is -0.476 e. The van der Waals surface area contributed by atoms with E-state index in [1.807, 2.05) is 6.07 Å². The summed E-state index contributed by atoms with van der Waals surface area (Å²) in [5.41, 5.74) is 0.148. The summed E-state index contributed by atoms with van der Waals surface area (Å²) in [4.78, 5) is 23.8. The molecule has 0 spiro atoms. The topological polar surface area (TPSA) is 101 Å². The first-order valence-corrected chi connectivity index (χ1v) is 9.27. The quantitative estimate of drug-likeness (QED) is 0.640. The van der Waals surface area contributed by atoms with Crippen molar-refractivity contribution in [3.8, 4) is 0 Å². The van der Waals surface area contributed by atoms with Gasteiger partial charge in [0.15, 0.2) is 11.5 Å². The van der Waals surface area contributed by atoms with Crippen molar-refractivity contribution in [1.29, 1.82) is 0 Å². The molecule has 1 heterocycles. The number of carbonyl (C=O) groups is 2. The Balaban J connectivity index is 2.03. The van der Waals surface area contributed by atoms with Gasteiger partial charge in [0.05, 0.1) is 4.90 Å². The molecule has 2 aromatic carbocycles. The Bertz CT molecular complexity index is 1070. The van der Waals surface area contributed by atoms with Crippen LogP contribution in [-0.2, 0) is 24.3 Å². The summed E-state index contributed by atoms with van der Waals surface area (Å²) in [5.74, 6) is -2.67. The second kappa shape index (κ2) is 7.08. The number of carboxylic acid groups (broad SMARTS) is 1. The lowest BCUT2D eigenvalue weighted by Gasteiger charge is -2.28. The van der Waals surface area contributed by atoms with Crippen molar-refractivity contribution in [3.63, 3.8) is 0 Å². The molecule has 0 saturated heterocycles. The molecule has 1 N–H and O–H groups in total. The highest BCUT2D eigenvalue weighted by Crippen LogP contribution is 2.36. The Hall–Kier alpha value is -3.39. The number of aliphatic carboxylic acids is 1. The largest absolute Gasteiger partial charge is 0.476 e. The van der Waals surface area contributed by atoms with Crippen LogP contribution in [0.3, 0.4) is 0 Å². The van der Waals surface area contributed by atoms with Crippen molar-refractivity contribution in [2.24, 2.45) is 0 Å². The Morgan fingerprint density at radius 3 is 2.33 bits per heavy atom. The van der Waals surface area contributed by atoms with Crippen molar-refractivity contribution in [3.05, 3.63) is 77.5 Å². The molecule has 2 aromatic rings. The van der Waals surface area contributed by atoms with E-state index in [1.54, 1.807) is 24.3 Å². The smallest absolute Gasteiger partial charge is 0.357 e. The van der Waals surface area contributed by atoms with Crippen molar-refractivity contribution in [2.75, 3.05) is 7.05 Å². The Morgan fingerprint density at radius 2 is 1.67 bits per heavy atom. The van der Waals surface area contributed by atoms with Crippen LogP contribution in [0.25, 0.3) is 11.8 Å². The zero-order valence-electron chi connectivity index (χ0n) is 14.2. The molecule has 0 bridgehead atoms. The molecule has 1 aliphatic heterocycles. The first-order valence-electron chi connectivity index (χ1n) is 7.83. The summed E-state index contributed by atoms with van der Waals surface area (Å²) in [7, 11) is -2.95. The second-order valence-corrected chi connectivity index (χ2v) is 7.55. The molecule has 7 nitrogen and oxygen atoms in total. The highest BCUT2D eigenvalue weighted by Gasteiger charge is 2.39. The lowest BCUT2D eigenvalue weighted by Crippen LogP contribution is -2.35. The van der Waals surface area contributed by atoms with Crippen LogP contribution in [0.2, 0.25) is 0 Å². The number of carboxylic acids is 1. The number of hydrogen-bond donors (Lipinski definition) is 1. The van der Waals surface area contributed by atoms with Gasteiger partial charge in [0.2, 0.25) is 0 Å². The molecule has 27 heavy (non-hydrogen) atoms. The van der Waals surface area contributed by atoms with Gasteiger partial charge in [0.25, 0.3) is 10.0 Å². The van der Waals surface area contributed by atoms with Crippen molar-refractivity contribution in [2.45, 2.75) is 4.90 Å². The summed E-state index contributed by atoms with van der Waals surface area (Å²) >= 11 is 0. The zero-order chi connectivity index (χ0) is 19.6. The molecular weight excluding hydrogens is 370 g/mol. The number of hydrogen-bond acceptors (Lipinski definition) is 5. The highest BCUT2D eigenvalue weighted by atomic mass is 32.2. The minimum atomic E-state index is -4.05. The third-order valence-corrected chi connectivity index (χ3v) is 5.73. The van der Waals surface area contributed by atoms with Gasteiger partial charge >= 0.3 is 11.9 Å². The molecule has 0 saturated carbocycles. The van der Waals surface area contributed by atoms with Gasteiger partial charge < -0.3 is 9.84 Å². The van der Waals surface area contributed by atoms with Crippen LogP contribution >= 0.6 is 0 Å². The first kappa shape index (κ1) is 18.4. The molecule has 0 fully saturated rings. The van der Waals surface area contributed by atoms with Crippen molar-refractivity contribution < 1.29 is 27.9 Å². The van der Waals surface area contributed by atoms with Crippen LogP contribution in [0.5, 0.6) is 0 Å². The van der Waals surface area contributed by atoms with Gasteiger partial charge in [-0.3, -0.25) is 4.31 Å². The maximum Gasteiger partial charge on any atom is 0.357 e. The van der Waals surface area contributed by atoms with E-state index in [0.29, 0.717) is 4.31 Å². The van der Waals surface area contributed by atoms with Gasteiger partial charge in [-0.05, 0) is 23.8 Å². The number of ether oxygens (including phenoxy) is 1. The number of carbonyl (C=O) groups excluding carboxylic acids is 1. The summed E-state index contributed by atoms with van der Waals surface area (Å²) in [6.07, 6.45) is 2.66. The predicted octanol–water partition coefficient (Wildman–Crippen LogP) is 2.33. The number of fused-ring (bicyclic) bond motifs is 1. The van der Waals surface area contributed by atoms with Crippen LogP contribution in [0, 0.1) is 0 Å². The van der Waals surface area contributed by atoms with Crippen LogP contribution in [-0.4, -0.2) is 36.8 Å². The Morgan fingerprint density at radius 1 is 1.04 bits per heavy atom. The summed E-state index contributed by atoms with van der Waals surface area (Å²) in [5, 5.41) is 9.48. The predicted molar refractivity (Wildman–Crippen MR) is 97.5 cm³/mol. The third-order valence-electron chi connectivity index (χ3n) is 3.92. The highest BCUT2D eigenvalue weighted by molar-refractivity contribution is 7.89. The number of nitrogens with zero attached hydrogens (tertiary/aromatic N) is 1. The van der Waals surface area contributed by atoms with Gasteiger partial charge in [0.1, 0.15) is 0 Å². The zero-order valence-corrected chi connectivity index (χ0v) is 15.0. The van der Waals surface area contributed by atoms with Gasteiger partial charge in [-0.25, -0.2) is 18.0 Å². The van der Waals surface area contributed by atoms with Crippen molar-refractivity contribution in [1.82, 2.24) is 4.31 Å². The summed E-state index contributed by atoms with van der Waals surface area (Å²) in [6.45, 7) is 0. The van der Waals surface area contributed by atoms with E-state index in [9.17, 15) is 23.1 Å². The number of esters is 1. The van der Waals surface area contributed by atoms with Crippen LogP contribution in [0.4, 0.5) is 0 Å². The minimum absolute atomic E-state index is 0.0226. The molecule has 1 aliphatic rings. The third kappa shape index (κ3) is 3.47. The molecule has 3 rings (SSSR count). The second-order valence-electron chi connectivity index (χ2n) is 5.62. The fraction of sp³-hybridized carbons (Fsp3) is 0.0526. The molecular formula is C19H15NO6S. The van der Waals surface area contributed by atoms with E-state index in [-0.39, 0.29) is 16.2 Å². The van der Waals surface area contributed by atoms with E-state index < -0.39 is 27.7 Å². The lowest BCUT2D eigenvalue weighted by atomic mass is 10.1. The molecule has 0 amide bonds. The summed E-state index contributed by atoms with van der Waals surface area (Å²) < 4.78 is 30.9. The van der Waals surface area contributed by atoms with Gasteiger partial charge in [-0.1, -0.05) is 42.5 Å². The van der Waals surface area contributed by atoms with Gasteiger partial charge in [0, 0.05) is 18.7 Å². The van der Waals surface area contributed by atoms with E-state index in [2.05, 4.69) is 0 Å². The Labute approximate surface area is 155 Å².